The average Bonchev–Trinajstić information content (AvgIpc) is 3.09. The second-order valence-electron chi connectivity index (χ2n) is 7.74. The fourth-order valence-corrected chi connectivity index (χ4v) is 4.71. The minimum absolute atomic E-state index is 0.125. The van der Waals surface area contributed by atoms with Crippen LogP contribution in [0, 0.1) is 19.8 Å². The molecule has 1 aromatic carbocycles. The van der Waals surface area contributed by atoms with Gasteiger partial charge in [-0.3, -0.25) is 4.79 Å². The highest BCUT2D eigenvalue weighted by molar-refractivity contribution is 7.89. The number of sulfonamides is 1. The van der Waals surface area contributed by atoms with Crippen molar-refractivity contribution in [3.05, 3.63) is 41.5 Å². The van der Waals surface area contributed by atoms with Crippen LogP contribution in [0.5, 0.6) is 0 Å². The first kappa shape index (κ1) is 20.5. The summed E-state index contributed by atoms with van der Waals surface area (Å²) in [5.41, 5.74) is 0.244. The molecule has 0 spiro atoms. The Kier molecular flexibility index (Phi) is 5.58. The van der Waals surface area contributed by atoms with Crippen molar-refractivity contribution >= 4 is 15.9 Å². The molecule has 1 aliphatic heterocycles. The van der Waals surface area contributed by atoms with Crippen LogP contribution in [0.25, 0.3) is 0 Å². The standard InChI is InChI=1S/C19H26N4O4S/c1-13-5-7-16(8-6-13)28(25,26)23-11-9-15(10-12-23)17(24)21-19(3,4)18-20-14(2)27-22-18/h5-8,15H,9-12H2,1-4H3,(H,21,24). The lowest BCUT2D eigenvalue weighted by molar-refractivity contribution is -0.128. The molecule has 1 N–H and O–H groups in total. The number of hydrogen-bond donors (Lipinski definition) is 1. The maximum atomic E-state index is 12.8. The number of amides is 1. The first-order valence-electron chi connectivity index (χ1n) is 9.29. The molecule has 1 saturated heterocycles. The van der Waals surface area contributed by atoms with Gasteiger partial charge in [-0.25, -0.2) is 8.42 Å². The molecule has 0 unspecified atom stereocenters. The molecule has 1 amide bonds. The summed E-state index contributed by atoms with van der Waals surface area (Å²) in [6.45, 7) is 7.86. The molecule has 1 aromatic heterocycles. The van der Waals surface area contributed by atoms with Crippen molar-refractivity contribution in [1.82, 2.24) is 19.8 Å². The third kappa shape index (κ3) is 4.25. The van der Waals surface area contributed by atoms with Crippen LogP contribution < -0.4 is 5.32 Å². The Labute approximate surface area is 165 Å². The van der Waals surface area contributed by atoms with Gasteiger partial charge in [0.15, 0.2) is 5.82 Å². The zero-order valence-corrected chi connectivity index (χ0v) is 17.4. The Hall–Kier alpha value is -2.26. The number of nitrogens with one attached hydrogen (secondary N) is 1. The van der Waals surface area contributed by atoms with E-state index in [9.17, 15) is 13.2 Å². The van der Waals surface area contributed by atoms with Gasteiger partial charge in [-0.2, -0.15) is 9.29 Å². The number of hydrogen-bond acceptors (Lipinski definition) is 6. The molecule has 9 heteroatoms. The highest BCUT2D eigenvalue weighted by Gasteiger charge is 2.35. The summed E-state index contributed by atoms with van der Waals surface area (Å²) < 4.78 is 32.0. The van der Waals surface area contributed by atoms with Gasteiger partial charge in [-0.05, 0) is 45.7 Å². The van der Waals surface area contributed by atoms with E-state index < -0.39 is 15.6 Å². The summed E-state index contributed by atoms with van der Waals surface area (Å²) >= 11 is 0. The fourth-order valence-electron chi connectivity index (χ4n) is 3.24. The molecule has 0 aliphatic carbocycles. The number of piperidine rings is 1. The summed E-state index contributed by atoms with van der Waals surface area (Å²) in [4.78, 5) is 17.2. The number of carbonyl (C=O) groups is 1. The van der Waals surface area contributed by atoms with Gasteiger partial charge in [0, 0.05) is 25.9 Å². The predicted molar refractivity (Wildman–Crippen MR) is 103 cm³/mol. The summed E-state index contributed by atoms with van der Waals surface area (Å²) in [6.07, 6.45) is 0.941. The van der Waals surface area contributed by atoms with Crippen LogP contribution in [0.15, 0.2) is 33.7 Å². The van der Waals surface area contributed by atoms with Gasteiger partial charge in [-0.1, -0.05) is 22.9 Å². The lowest BCUT2D eigenvalue weighted by Gasteiger charge is -2.32. The van der Waals surface area contributed by atoms with Crippen LogP contribution in [-0.2, 0) is 20.4 Å². The lowest BCUT2D eigenvalue weighted by atomic mass is 9.95. The minimum Gasteiger partial charge on any atom is -0.344 e. The Balaban J connectivity index is 1.61. The number of benzene rings is 1. The quantitative estimate of drug-likeness (QED) is 0.815. The molecule has 3 rings (SSSR count). The van der Waals surface area contributed by atoms with Crippen molar-refractivity contribution in [1.29, 1.82) is 0 Å². The molecule has 2 heterocycles. The van der Waals surface area contributed by atoms with Crippen LogP contribution >= 0.6 is 0 Å². The number of rotatable bonds is 5. The van der Waals surface area contributed by atoms with E-state index in [0.29, 0.717) is 37.6 Å². The number of aromatic nitrogens is 2. The second-order valence-corrected chi connectivity index (χ2v) is 9.68. The van der Waals surface area contributed by atoms with Crippen LogP contribution in [0.2, 0.25) is 0 Å². The van der Waals surface area contributed by atoms with E-state index in [-0.39, 0.29) is 16.7 Å². The highest BCUT2D eigenvalue weighted by Crippen LogP contribution is 2.26. The number of nitrogens with zero attached hydrogens (tertiary/aromatic N) is 3. The van der Waals surface area contributed by atoms with Crippen molar-refractivity contribution in [3.63, 3.8) is 0 Å². The third-order valence-corrected chi connectivity index (χ3v) is 6.92. The van der Waals surface area contributed by atoms with Crippen LogP contribution in [0.1, 0.15) is 44.0 Å². The maximum Gasteiger partial charge on any atom is 0.243 e. The zero-order chi connectivity index (χ0) is 20.5. The molecule has 0 radical (unpaired) electrons. The van der Waals surface area contributed by atoms with Crippen molar-refractivity contribution in [2.75, 3.05) is 13.1 Å². The largest absolute Gasteiger partial charge is 0.344 e. The lowest BCUT2D eigenvalue weighted by Crippen LogP contribution is -2.48. The van der Waals surface area contributed by atoms with Crippen molar-refractivity contribution in [3.8, 4) is 0 Å². The van der Waals surface area contributed by atoms with Crippen LogP contribution in [0.3, 0.4) is 0 Å². The Bertz CT molecular complexity index is 943. The van der Waals surface area contributed by atoms with Gasteiger partial charge >= 0.3 is 0 Å². The van der Waals surface area contributed by atoms with E-state index in [4.69, 9.17) is 4.52 Å². The Morgan fingerprint density at radius 1 is 1.18 bits per heavy atom. The average molecular weight is 407 g/mol. The van der Waals surface area contributed by atoms with Crippen molar-refractivity contribution in [2.45, 2.75) is 51.0 Å². The molecule has 2 aromatic rings. The minimum atomic E-state index is -3.53. The summed E-state index contributed by atoms with van der Waals surface area (Å²) in [5, 5.41) is 6.84. The van der Waals surface area contributed by atoms with E-state index in [1.807, 2.05) is 20.8 Å². The van der Waals surface area contributed by atoms with E-state index in [0.717, 1.165) is 5.56 Å². The molecule has 1 aliphatic rings. The van der Waals surface area contributed by atoms with E-state index in [1.165, 1.54) is 4.31 Å². The monoisotopic (exact) mass is 406 g/mol. The van der Waals surface area contributed by atoms with E-state index in [1.54, 1.807) is 31.2 Å². The second kappa shape index (κ2) is 7.63. The maximum absolute atomic E-state index is 12.8. The number of aryl methyl sites for hydroxylation is 2. The third-order valence-electron chi connectivity index (χ3n) is 5.01. The molecule has 28 heavy (non-hydrogen) atoms. The SMILES string of the molecule is Cc1ccc(S(=O)(=O)N2CCC(C(=O)NC(C)(C)c3noc(C)n3)CC2)cc1. The normalized spacial score (nSPS) is 16.9. The van der Waals surface area contributed by atoms with Gasteiger partial charge in [0.05, 0.1) is 10.4 Å². The summed E-state index contributed by atoms with van der Waals surface area (Å²) in [5.74, 6) is 0.473. The zero-order valence-electron chi connectivity index (χ0n) is 16.6. The fraction of sp³-hybridized carbons (Fsp3) is 0.526. The molecule has 8 nitrogen and oxygen atoms in total. The first-order chi connectivity index (χ1) is 13.1. The predicted octanol–water partition coefficient (Wildman–Crippen LogP) is 2.14. The molecule has 152 valence electrons. The van der Waals surface area contributed by atoms with Gasteiger partial charge in [-0.15, -0.1) is 0 Å². The smallest absolute Gasteiger partial charge is 0.243 e. The van der Waals surface area contributed by atoms with Gasteiger partial charge in [0.25, 0.3) is 0 Å². The van der Waals surface area contributed by atoms with Gasteiger partial charge in [0.2, 0.25) is 21.8 Å². The first-order valence-corrected chi connectivity index (χ1v) is 10.7. The summed E-state index contributed by atoms with van der Waals surface area (Å²) in [7, 11) is -3.53. The van der Waals surface area contributed by atoms with Crippen molar-refractivity contribution < 1.29 is 17.7 Å². The van der Waals surface area contributed by atoms with Gasteiger partial charge < -0.3 is 9.84 Å². The molecule has 0 bridgehead atoms. The van der Waals surface area contributed by atoms with Crippen LogP contribution in [0.4, 0.5) is 0 Å². The van der Waals surface area contributed by atoms with E-state index >= 15 is 0 Å². The highest BCUT2D eigenvalue weighted by atomic mass is 32.2. The van der Waals surface area contributed by atoms with Crippen molar-refractivity contribution in [2.24, 2.45) is 5.92 Å². The van der Waals surface area contributed by atoms with Gasteiger partial charge in [0.1, 0.15) is 0 Å². The topological polar surface area (TPSA) is 105 Å². The molecule has 0 atom stereocenters. The molecular formula is C19H26N4O4S. The number of carbonyl (C=O) groups excluding carboxylic acids is 1. The Morgan fingerprint density at radius 2 is 1.79 bits per heavy atom. The van der Waals surface area contributed by atoms with E-state index in [2.05, 4.69) is 15.5 Å². The van der Waals surface area contributed by atoms with Crippen LogP contribution in [-0.4, -0.2) is 41.9 Å². The molecule has 1 fully saturated rings. The summed E-state index contributed by atoms with van der Waals surface area (Å²) in [6, 6.07) is 6.82. The molecule has 0 saturated carbocycles. The Morgan fingerprint density at radius 3 is 2.32 bits per heavy atom. The molecular weight excluding hydrogens is 380 g/mol.